The average molecular weight is 412 g/mol. The van der Waals surface area contributed by atoms with Crippen molar-refractivity contribution in [2.45, 2.75) is 39.0 Å². The third kappa shape index (κ3) is 7.22. The molecule has 0 N–H and O–H groups in total. The molecule has 2 aromatic carbocycles. The number of rotatable bonds is 6. The Morgan fingerprint density at radius 1 is 0.966 bits per heavy atom. The fraction of sp³-hybridized carbons (Fsp3) is 0.273. The molecule has 0 aliphatic heterocycles. The summed E-state index contributed by atoms with van der Waals surface area (Å²) >= 11 is 0. The average Bonchev–Trinajstić information content (AvgIpc) is 2.66. The van der Waals surface area contributed by atoms with E-state index in [2.05, 4.69) is 16.6 Å². The Balaban J connectivity index is 2.13. The van der Waals surface area contributed by atoms with E-state index in [1.807, 2.05) is 6.92 Å². The Bertz CT molecular complexity index is 917. The van der Waals surface area contributed by atoms with Crippen LogP contribution in [0, 0.1) is 17.7 Å². The van der Waals surface area contributed by atoms with Crippen molar-refractivity contribution in [1.29, 1.82) is 0 Å². The number of allylic oxidation sites excluding steroid dienone is 1. The van der Waals surface area contributed by atoms with Gasteiger partial charge in [0.05, 0.1) is 5.56 Å². The van der Waals surface area contributed by atoms with Crippen LogP contribution in [-0.4, -0.2) is 6.36 Å². The summed E-state index contributed by atoms with van der Waals surface area (Å²) in [6.45, 7) is 1.94. The van der Waals surface area contributed by atoms with E-state index >= 15 is 0 Å². The highest BCUT2D eigenvalue weighted by Gasteiger charge is 2.30. The molecule has 0 radical (unpaired) electrons. The van der Waals surface area contributed by atoms with Crippen molar-refractivity contribution in [2.75, 3.05) is 0 Å². The van der Waals surface area contributed by atoms with Gasteiger partial charge in [0, 0.05) is 17.5 Å². The van der Waals surface area contributed by atoms with Crippen LogP contribution in [0.5, 0.6) is 5.75 Å². The molecule has 2 aromatic rings. The zero-order valence-corrected chi connectivity index (χ0v) is 15.5. The summed E-state index contributed by atoms with van der Waals surface area (Å²) in [6.07, 6.45) is -2.69. The van der Waals surface area contributed by atoms with Crippen LogP contribution < -0.4 is 4.74 Å². The molecule has 0 heterocycles. The van der Waals surface area contributed by atoms with Crippen molar-refractivity contribution in [3.63, 3.8) is 0 Å². The zero-order chi connectivity index (χ0) is 21.4. The molecule has 0 aromatic heterocycles. The summed E-state index contributed by atoms with van der Waals surface area (Å²) in [5.74, 6) is 1.86. The second kappa shape index (κ2) is 10.1. The minimum absolute atomic E-state index is 0.0447. The van der Waals surface area contributed by atoms with Gasteiger partial charge in [-0.05, 0) is 42.8 Å². The van der Waals surface area contributed by atoms with Gasteiger partial charge in [-0.25, -0.2) is 13.2 Å². The van der Waals surface area contributed by atoms with E-state index in [0.717, 1.165) is 31.0 Å². The highest BCUT2D eigenvalue weighted by Crippen LogP contribution is 2.26. The molecular weight excluding hydrogens is 394 g/mol. The standard InChI is InChI=1S/C22H18F6O/c1-2-3-4-5-19(23)21(25)17-11-10-16(20(24)14-17)9-6-15-7-12-18(13-8-15)29-22(26,27)28/h7-8,10-14H,2-5H2,1H3/b21-19-. The molecule has 0 saturated carbocycles. The highest BCUT2D eigenvalue weighted by molar-refractivity contribution is 5.62. The van der Waals surface area contributed by atoms with Gasteiger partial charge in [0.15, 0.2) is 5.83 Å². The van der Waals surface area contributed by atoms with Crippen LogP contribution >= 0.6 is 0 Å². The van der Waals surface area contributed by atoms with E-state index < -0.39 is 29.6 Å². The smallest absolute Gasteiger partial charge is 0.406 e. The van der Waals surface area contributed by atoms with Gasteiger partial charge in [0.1, 0.15) is 17.4 Å². The lowest BCUT2D eigenvalue weighted by Gasteiger charge is -2.08. The maximum atomic E-state index is 14.2. The number of unbranched alkanes of at least 4 members (excludes halogenated alkanes) is 2. The SMILES string of the molecule is CCCCC/C(F)=C(/F)c1ccc(C#Cc2ccc(OC(F)(F)F)cc2)c(F)c1. The highest BCUT2D eigenvalue weighted by atomic mass is 19.4. The maximum Gasteiger partial charge on any atom is 0.573 e. The van der Waals surface area contributed by atoms with E-state index in [0.29, 0.717) is 12.0 Å². The molecule has 2 rings (SSSR count). The number of hydrogen-bond acceptors (Lipinski definition) is 1. The van der Waals surface area contributed by atoms with Crippen LogP contribution in [0.2, 0.25) is 0 Å². The molecule has 0 spiro atoms. The molecule has 0 aliphatic carbocycles. The zero-order valence-electron chi connectivity index (χ0n) is 15.5. The fourth-order valence-corrected chi connectivity index (χ4v) is 2.43. The Morgan fingerprint density at radius 3 is 2.24 bits per heavy atom. The predicted octanol–water partition coefficient (Wildman–Crippen LogP) is 7.31. The van der Waals surface area contributed by atoms with E-state index in [-0.39, 0.29) is 17.5 Å². The van der Waals surface area contributed by atoms with Crippen molar-refractivity contribution >= 4 is 5.83 Å². The van der Waals surface area contributed by atoms with Crippen molar-refractivity contribution in [3.05, 3.63) is 70.8 Å². The van der Waals surface area contributed by atoms with Crippen LogP contribution in [0.15, 0.2) is 48.3 Å². The van der Waals surface area contributed by atoms with Gasteiger partial charge in [-0.15, -0.1) is 13.2 Å². The van der Waals surface area contributed by atoms with Crippen molar-refractivity contribution in [1.82, 2.24) is 0 Å². The summed E-state index contributed by atoms with van der Waals surface area (Å²) in [7, 11) is 0. The van der Waals surface area contributed by atoms with Gasteiger partial charge in [0.2, 0.25) is 0 Å². The van der Waals surface area contributed by atoms with E-state index in [4.69, 9.17) is 0 Å². The van der Waals surface area contributed by atoms with E-state index in [1.165, 1.54) is 24.3 Å². The van der Waals surface area contributed by atoms with E-state index in [1.54, 1.807) is 0 Å². The summed E-state index contributed by atoms with van der Waals surface area (Å²) in [4.78, 5) is 0. The van der Waals surface area contributed by atoms with Gasteiger partial charge < -0.3 is 4.74 Å². The predicted molar refractivity (Wildman–Crippen MR) is 98.8 cm³/mol. The molecule has 1 nitrogen and oxygen atoms in total. The molecule has 0 amide bonds. The summed E-state index contributed by atoms with van der Waals surface area (Å²) < 4.78 is 82.2. The quantitative estimate of drug-likeness (QED) is 0.275. The number of halogens is 6. The maximum absolute atomic E-state index is 14.2. The lowest BCUT2D eigenvalue weighted by atomic mass is 10.1. The third-order valence-corrected chi connectivity index (χ3v) is 3.89. The molecule has 0 saturated heterocycles. The fourth-order valence-electron chi connectivity index (χ4n) is 2.43. The van der Waals surface area contributed by atoms with Crippen LogP contribution in [0.4, 0.5) is 26.3 Å². The molecule has 29 heavy (non-hydrogen) atoms. The first-order valence-electron chi connectivity index (χ1n) is 8.91. The number of alkyl halides is 3. The third-order valence-electron chi connectivity index (χ3n) is 3.89. The first kappa shape index (κ1) is 22.4. The monoisotopic (exact) mass is 412 g/mol. The van der Waals surface area contributed by atoms with Gasteiger partial charge in [0.25, 0.3) is 0 Å². The van der Waals surface area contributed by atoms with Crippen LogP contribution in [0.3, 0.4) is 0 Å². The second-order valence-corrected chi connectivity index (χ2v) is 6.19. The lowest BCUT2D eigenvalue weighted by molar-refractivity contribution is -0.274. The minimum Gasteiger partial charge on any atom is -0.406 e. The Kier molecular flexibility index (Phi) is 7.77. The Morgan fingerprint density at radius 2 is 1.66 bits per heavy atom. The van der Waals surface area contributed by atoms with Gasteiger partial charge in [-0.3, -0.25) is 0 Å². The van der Waals surface area contributed by atoms with Gasteiger partial charge in [-0.1, -0.05) is 37.7 Å². The topological polar surface area (TPSA) is 9.23 Å². The summed E-state index contributed by atoms with van der Waals surface area (Å²) in [5.41, 5.74) is 0.0651. The van der Waals surface area contributed by atoms with Crippen LogP contribution in [-0.2, 0) is 0 Å². The van der Waals surface area contributed by atoms with Crippen molar-refractivity contribution in [3.8, 4) is 17.6 Å². The first-order valence-corrected chi connectivity index (χ1v) is 8.91. The largest absolute Gasteiger partial charge is 0.573 e. The molecule has 7 heteroatoms. The number of benzene rings is 2. The molecular formula is C22H18F6O. The number of ether oxygens (including phenoxy) is 1. The Labute approximate surface area is 165 Å². The molecule has 0 atom stereocenters. The normalized spacial score (nSPS) is 12.1. The molecule has 0 fully saturated rings. The van der Waals surface area contributed by atoms with Crippen LogP contribution in [0.1, 0.15) is 49.3 Å². The minimum atomic E-state index is -4.79. The Hall–Kier alpha value is -2.88. The lowest BCUT2D eigenvalue weighted by Crippen LogP contribution is -2.16. The molecule has 154 valence electrons. The van der Waals surface area contributed by atoms with Gasteiger partial charge in [-0.2, -0.15) is 0 Å². The second-order valence-electron chi connectivity index (χ2n) is 6.19. The first-order chi connectivity index (χ1) is 13.7. The molecule has 0 aliphatic rings. The van der Waals surface area contributed by atoms with Crippen molar-refractivity contribution < 1.29 is 31.1 Å². The summed E-state index contributed by atoms with van der Waals surface area (Å²) in [5, 5.41) is 0. The van der Waals surface area contributed by atoms with Gasteiger partial charge >= 0.3 is 6.36 Å². The molecule has 0 bridgehead atoms. The molecule has 0 unspecified atom stereocenters. The van der Waals surface area contributed by atoms with E-state index in [9.17, 15) is 26.3 Å². The number of hydrogen-bond donors (Lipinski definition) is 0. The van der Waals surface area contributed by atoms with Crippen LogP contribution in [0.25, 0.3) is 5.83 Å². The van der Waals surface area contributed by atoms with Crippen molar-refractivity contribution in [2.24, 2.45) is 0 Å². The summed E-state index contributed by atoms with van der Waals surface area (Å²) in [6, 6.07) is 8.04.